The molecule has 8 heteroatoms. The van der Waals surface area contributed by atoms with Crippen molar-refractivity contribution in [1.82, 2.24) is 19.6 Å². The van der Waals surface area contributed by atoms with Crippen molar-refractivity contribution in [1.29, 1.82) is 0 Å². The molecule has 4 heterocycles. The Kier molecular flexibility index (Phi) is 3.80. The summed E-state index contributed by atoms with van der Waals surface area (Å²) in [6.45, 7) is 3.00. The summed E-state index contributed by atoms with van der Waals surface area (Å²) < 4.78 is 7.06. The Morgan fingerprint density at radius 3 is 2.83 bits per heavy atom. The number of nitrogens with one attached hydrogen (secondary N) is 1. The lowest BCUT2D eigenvalue weighted by Gasteiger charge is -2.28. The zero-order valence-corrected chi connectivity index (χ0v) is 12.9. The minimum Gasteiger partial charge on any atom is -0.378 e. The van der Waals surface area contributed by atoms with E-state index in [4.69, 9.17) is 4.74 Å². The Morgan fingerprint density at radius 1 is 1.17 bits per heavy atom. The first kappa shape index (κ1) is 14.6. The highest BCUT2D eigenvalue weighted by Gasteiger charge is 2.17. The van der Waals surface area contributed by atoms with Gasteiger partial charge in [0, 0.05) is 25.5 Å². The minimum atomic E-state index is -0.334. The van der Waals surface area contributed by atoms with Gasteiger partial charge in [0.15, 0.2) is 5.65 Å². The van der Waals surface area contributed by atoms with Crippen LogP contribution in [0.4, 0.5) is 11.6 Å². The van der Waals surface area contributed by atoms with Crippen LogP contribution in [0.25, 0.3) is 5.65 Å². The van der Waals surface area contributed by atoms with Gasteiger partial charge >= 0.3 is 0 Å². The molecule has 0 bridgehead atoms. The summed E-state index contributed by atoms with van der Waals surface area (Å²) in [5, 5.41) is 7.01. The lowest BCUT2D eigenvalue weighted by molar-refractivity contribution is 0.102. The number of aromatic nitrogens is 4. The van der Waals surface area contributed by atoms with E-state index in [0.29, 0.717) is 24.6 Å². The third-order valence-corrected chi connectivity index (χ3v) is 3.82. The number of nitrogens with zero attached hydrogens (tertiary/aromatic N) is 5. The zero-order chi connectivity index (χ0) is 16.4. The van der Waals surface area contributed by atoms with Crippen molar-refractivity contribution >= 4 is 23.2 Å². The Hall–Kier alpha value is -3.00. The highest BCUT2D eigenvalue weighted by Crippen LogP contribution is 2.22. The second-order valence-electron chi connectivity index (χ2n) is 5.37. The Labute approximate surface area is 138 Å². The standard InChI is InChI=1S/C16H16N6O2/c23-15(12-4-1-2-6-17-12)19-16-18-14-13(5-3-7-22(14)20-16)21-8-10-24-11-9-21/h1-7H,8-11H2,(H,19,20,23). The van der Waals surface area contributed by atoms with Crippen molar-refractivity contribution in [3.05, 3.63) is 48.4 Å². The Bertz CT molecular complexity index is 857. The summed E-state index contributed by atoms with van der Waals surface area (Å²) in [6.07, 6.45) is 3.38. The van der Waals surface area contributed by atoms with Gasteiger partial charge in [-0.25, -0.2) is 4.52 Å². The average molecular weight is 324 g/mol. The summed E-state index contributed by atoms with van der Waals surface area (Å²) in [7, 11) is 0. The fraction of sp³-hybridized carbons (Fsp3) is 0.250. The summed E-state index contributed by atoms with van der Waals surface area (Å²) in [4.78, 5) is 22.9. The number of hydrogen-bond donors (Lipinski definition) is 1. The number of amides is 1. The van der Waals surface area contributed by atoms with Crippen LogP contribution in [0.2, 0.25) is 0 Å². The quantitative estimate of drug-likeness (QED) is 0.779. The second-order valence-corrected chi connectivity index (χ2v) is 5.37. The third-order valence-electron chi connectivity index (χ3n) is 3.82. The molecule has 0 atom stereocenters. The van der Waals surface area contributed by atoms with Crippen LogP contribution in [0.3, 0.4) is 0 Å². The Morgan fingerprint density at radius 2 is 2.04 bits per heavy atom. The van der Waals surface area contributed by atoms with E-state index in [1.807, 2.05) is 18.3 Å². The van der Waals surface area contributed by atoms with Crippen molar-refractivity contribution in [3.8, 4) is 0 Å². The monoisotopic (exact) mass is 324 g/mol. The van der Waals surface area contributed by atoms with Crippen LogP contribution in [-0.4, -0.2) is 51.8 Å². The van der Waals surface area contributed by atoms with E-state index in [0.717, 1.165) is 18.8 Å². The maximum absolute atomic E-state index is 12.2. The van der Waals surface area contributed by atoms with Gasteiger partial charge in [0.2, 0.25) is 5.95 Å². The molecule has 8 nitrogen and oxygen atoms in total. The van der Waals surface area contributed by atoms with Crippen LogP contribution in [0.15, 0.2) is 42.7 Å². The molecule has 0 aliphatic carbocycles. The van der Waals surface area contributed by atoms with Crippen molar-refractivity contribution in [2.45, 2.75) is 0 Å². The highest BCUT2D eigenvalue weighted by atomic mass is 16.5. The number of hydrogen-bond acceptors (Lipinski definition) is 6. The summed E-state index contributed by atoms with van der Waals surface area (Å²) >= 11 is 0. The number of ether oxygens (including phenoxy) is 1. The number of carbonyl (C=O) groups excluding carboxylic acids is 1. The highest BCUT2D eigenvalue weighted by molar-refractivity contribution is 6.01. The number of fused-ring (bicyclic) bond motifs is 1. The van der Waals surface area contributed by atoms with Gasteiger partial charge in [0.05, 0.1) is 18.9 Å². The fourth-order valence-electron chi connectivity index (χ4n) is 2.66. The number of pyridine rings is 2. The average Bonchev–Trinajstić information content (AvgIpc) is 3.05. The van der Waals surface area contributed by atoms with Gasteiger partial charge in [-0.2, -0.15) is 4.98 Å². The van der Waals surface area contributed by atoms with E-state index in [9.17, 15) is 4.79 Å². The molecule has 1 N–H and O–H groups in total. The molecule has 0 saturated carbocycles. The molecule has 3 aromatic heterocycles. The molecule has 0 aromatic carbocycles. The van der Waals surface area contributed by atoms with Crippen LogP contribution in [-0.2, 0) is 4.74 Å². The van der Waals surface area contributed by atoms with E-state index in [1.54, 1.807) is 28.9 Å². The van der Waals surface area contributed by atoms with Crippen LogP contribution in [0.5, 0.6) is 0 Å². The molecular weight excluding hydrogens is 308 g/mol. The lowest BCUT2D eigenvalue weighted by atomic mass is 10.3. The number of rotatable bonds is 3. The van der Waals surface area contributed by atoms with Gasteiger partial charge in [-0.15, -0.1) is 5.10 Å². The first-order valence-corrected chi connectivity index (χ1v) is 7.72. The molecule has 1 aliphatic heterocycles. The molecule has 3 aromatic rings. The van der Waals surface area contributed by atoms with E-state index in [-0.39, 0.29) is 11.9 Å². The predicted molar refractivity (Wildman–Crippen MR) is 88.2 cm³/mol. The minimum absolute atomic E-state index is 0.256. The fourth-order valence-corrected chi connectivity index (χ4v) is 2.66. The van der Waals surface area contributed by atoms with Crippen molar-refractivity contribution in [2.24, 2.45) is 0 Å². The first-order chi connectivity index (χ1) is 11.8. The summed E-state index contributed by atoms with van der Waals surface area (Å²) in [5.41, 5.74) is 2.01. The molecule has 0 unspecified atom stereocenters. The molecule has 0 spiro atoms. The van der Waals surface area contributed by atoms with Crippen molar-refractivity contribution in [2.75, 3.05) is 36.5 Å². The van der Waals surface area contributed by atoms with Crippen molar-refractivity contribution in [3.63, 3.8) is 0 Å². The lowest BCUT2D eigenvalue weighted by Crippen LogP contribution is -2.36. The van der Waals surface area contributed by atoms with Gasteiger partial charge in [0.1, 0.15) is 5.69 Å². The first-order valence-electron chi connectivity index (χ1n) is 7.72. The SMILES string of the molecule is O=C(Nc1nc2c(N3CCOCC3)cccn2n1)c1ccccn1. The van der Waals surface area contributed by atoms with Gasteiger partial charge in [-0.05, 0) is 24.3 Å². The van der Waals surface area contributed by atoms with E-state index >= 15 is 0 Å². The van der Waals surface area contributed by atoms with Crippen LogP contribution in [0.1, 0.15) is 10.5 Å². The van der Waals surface area contributed by atoms with Gasteiger partial charge in [-0.3, -0.25) is 15.1 Å². The molecular formula is C16H16N6O2. The molecule has 1 aliphatic rings. The normalized spacial score (nSPS) is 14.8. The van der Waals surface area contributed by atoms with E-state index < -0.39 is 0 Å². The number of anilines is 2. The summed E-state index contributed by atoms with van der Waals surface area (Å²) in [5.74, 6) is -0.0780. The van der Waals surface area contributed by atoms with E-state index in [1.165, 1.54) is 0 Å². The molecule has 1 amide bonds. The van der Waals surface area contributed by atoms with Crippen LogP contribution in [0, 0.1) is 0 Å². The smallest absolute Gasteiger partial charge is 0.276 e. The predicted octanol–water partition coefficient (Wildman–Crippen LogP) is 1.21. The third kappa shape index (κ3) is 2.79. The topological polar surface area (TPSA) is 84.7 Å². The van der Waals surface area contributed by atoms with E-state index in [2.05, 4.69) is 25.3 Å². The van der Waals surface area contributed by atoms with Gasteiger partial charge in [-0.1, -0.05) is 6.07 Å². The maximum atomic E-state index is 12.2. The van der Waals surface area contributed by atoms with Crippen LogP contribution < -0.4 is 10.2 Å². The molecule has 0 radical (unpaired) electrons. The van der Waals surface area contributed by atoms with Crippen molar-refractivity contribution < 1.29 is 9.53 Å². The molecule has 1 fully saturated rings. The van der Waals surface area contributed by atoms with Gasteiger partial charge in [0.25, 0.3) is 5.91 Å². The zero-order valence-electron chi connectivity index (χ0n) is 12.9. The largest absolute Gasteiger partial charge is 0.378 e. The number of morpholine rings is 1. The molecule has 1 saturated heterocycles. The number of carbonyl (C=O) groups is 1. The second kappa shape index (κ2) is 6.25. The molecule has 122 valence electrons. The summed E-state index contributed by atoms with van der Waals surface area (Å²) in [6, 6.07) is 9.07. The maximum Gasteiger partial charge on any atom is 0.276 e. The molecule has 4 rings (SSSR count). The van der Waals surface area contributed by atoms with Gasteiger partial charge < -0.3 is 9.64 Å². The molecule has 24 heavy (non-hydrogen) atoms. The Balaban J connectivity index is 1.62. The van der Waals surface area contributed by atoms with Crippen LogP contribution >= 0.6 is 0 Å².